The van der Waals surface area contributed by atoms with E-state index in [-0.39, 0.29) is 32.0 Å². The van der Waals surface area contributed by atoms with Gasteiger partial charge in [-0.3, -0.25) is 57.5 Å². The second-order valence-electron chi connectivity index (χ2n) is 27.5. The molecule has 556 valence electrons. The highest BCUT2D eigenvalue weighted by molar-refractivity contribution is 6.31. The number of nitrogens with one attached hydrogen (secondary N) is 4. The van der Waals surface area contributed by atoms with Gasteiger partial charge in [0.15, 0.2) is 11.9 Å². The number of piperidine rings is 1. The first-order chi connectivity index (χ1) is 47.6. The molecule has 11 amide bonds. The first kappa shape index (κ1) is 83.1. The van der Waals surface area contributed by atoms with Crippen molar-refractivity contribution in [2.45, 2.75) is 161 Å². The third-order valence-corrected chi connectivity index (χ3v) is 17.7. The Morgan fingerprint density at radius 1 is 0.594 bits per heavy atom. The quantitative estimate of drug-likeness (QED) is 0.0424. The predicted molar refractivity (Wildman–Crippen MR) is 377 cm³/mol. The Hall–Kier alpha value is -8.57. The minimum absolute atomic E-state index is 0.0858. The van der Waals surface area contributed by atoms with E-state index in [0.29, 0.717) is 60.7 Å². The standard InChI is InChI=1S/C72H105ClN12O16/c1-46(2)37-54(75-57(86)41-82(12)68(95)56(45-99-71(6,7)8)77-59(88)40-80(10)66(93)48(4)84(14)62(91)44-79(9)61(90)39-74)67(94)81(11)43-60(89)78-65(49(5)100-64-29-21-24-36-98-64)70(97)83(13)42-58(87)76-55(69(96)85-34-22-16-23-35-85)38-63(92)101-72(50-25-17-15-18-26-50,51-32-30-47(3)31-33-51)52-27-19-20-28-53(52)73/h15,17-20,25-28,30-33,46,48-49,54-56,64-65H,16,21-24,29,34-45,74H2,1-14H3,(H,75,86)(H,76,87)(H,77,88)(H,78,89)/t48-,49+,54-,55-,56-,64?,65-,72?/m0/s1. The molecule has 0 bridgehead atoms. The molecule has 2 heterocycles. The van der Waals surface area contributed by atoms with E-state index < -0.39 is 157 Å². The molecule has 2 fully saturated rings. The molecule has 2 saturated heterocycles. The number of aryl methyl sites for hydroxylation is 1. The molecular formula is C72H105ClN12O16. The van der Waals surface area contributed by atoms with Crippen LogP contribution in [0.4, 0.5) is 0 Å². The van der Waals surface area contributed by atoms with Crippen LogP contribution in [0.1, 0.15) is 122 Å². The number of esters is 1. The van der Waals surface area contributed by atoms with Crippen molar-refractivity contribution in [2.75, 3.05) is 108 Å². The third kappa shape index (κ3) is 24.9. The van der Waals surface area contributed by atoms with Gasteiger partial charge in [-0.2, -0.15) is 0 Å². The lowest BCUT2D eigenvalue weighted by Gasteiger charge is -2.37. The van der Waals surface area contributed by atoms with Gasteiger partial charge in [0, 0.05) is 83.7 Å². The lowest BCUT2D eigenvalue weighted by molar-refractivity contribution is -0.192. The average molecular weight is 1430 g/mol. The molecule has 2 aliphatic rings. The monoisotopic (exact) mass is 1430 g/mol. The largest absolute Gasteiger partial charge is 0.444 e. The Kier molecular flexibility index (Phi) is 32.1. The number of hydrogen-bond donors (Lipinski definition) is 5. The van der Waals surface area contributed by atoms with E-state index in [4.69, 9.17) is 36.3 Å². The van der Waals surface area contributed by atoms with Crippen molar-refractivity contribution in [1.29, 1.82) is 0 Å². The molecule has 0 saturated carbocycles. The number of benzene rings is 3. The highest BCUT2D eigenvalue weighted by Gasteiger charge is 2.44. The number of carbonyl (C=O) groups excluding carboxylic acids is 12. The second kappa shape index (κ2) is 39.0. The summed E-state index contributed by atoms with van der Waals surface area (Å²) in [5.41, 5.74) is 5.52. The number of hydrogen-bond acceptors (Lipinski definition) is 17. The van der Waals surface area contributed by atoms with Crippen LogP contribution in [0.3, 0.4) is 0 Å². The van der Waals surface area contributed by atoms with E-state index in [1.807, 2.05) is 63.2 Å². The third-order valence-electron chi connectivity index (χ3n) is 17.4. The minimum Gasteiger partial charge on any atom is -0.444 e. The summed E-state index contributed by atoms with van der Waals surface area (Å²) in [5.74, 6) is -8.66. The summed E-state index contributed by atoms with van der Waals surface area (Å²) in [5, 5.41) is 11.0. The fourth-order valence-corrected chi connectivity index (χ4v) is 11.9. The lowest BCUT2D eigenvalue weighted by Crippen LogP contribution is -2.58. The summed E-state index contributed by atoms with van der Waals surface area (Å²) in [6, 6.07) is 16.9. The van der Waals surface area contributed by atoms with Crippen LogP contribution in [0.2, 0.25) is 5.02 Å². The SMILES string of the molecule is Cc1ccc(C(OC(=O)C[C@H](NC(=O)CN(C)C(=O)[C@@H](NC(=O)CN(C)C(=O)[C@H](CC(C)C)NC(=O)CN(C)C(=O)[C@H](COC(C)(C)C)NC(=O)CN(C)C(=O)[C@H](C)N(C)C(=O)CN(C)C(=O)CN)[C@@H](C)OC2CCCCO2)C(=O)N2CCCCC2)(c2ccccc2)c2ccccc2Cl)cc1. The Morgan fingerprint density at radius 2 is 1.11 bits per heavy atom. The molecule has 101 heavy (non-hydrogen) atoms. The van der Waals surface area contributed by atoms with Crippen molar-refractivity contribution >= 4 is 82.5 Å². The van der Waals surface area contributed by atoms with Gasteiger partial charge in [-0.25, -0.2) is 0 Å². The number of likely N-dealkylation sites (tertiary alicyclic amines) is 1. The molecule has 0 spiro atoms. The van der Waals surface area contributed by atoms with Gasteiger partial charge in [-0.1, -0.05) is 104 Å². The van der Waals surface area contributed by atoms with Gasteiger partial charge in [0.25, 0.3) is 0 Å². The fourth-order valence-electron chi connectivity index (χ4n) is 11.6. The zero-order valence-electron chi connectivity index (χ0n) is 61.0. The number of ether oxygens (including phenoxy) is 4. The summed E-state index contributed by atoms with van der Waals surface area (Å²) >= 11 is 6.96. The Balaban J connectivity index is 1.29. The van der Waals surface area contributed by atoms with Crippen LogP contribution in [0.5, 0.6) is 0 Å². The highest BCUT2D eigenvalue weighted by atomic mass is 35.5. The van der Waals surface area contributed by atoms with Gasteiger partial charge in [0.2, 0.25) is 65.0 Å². The molecule has 0 aliphatic carbocycles. The molecule has 3 aromatic carbocycles. The molecule has 28 nitrogen and oxygen atoms in total. The van der Waals surface area contributed by atoms with Crippen LogP contribution < -0.4 is 27.0 Å². The van der Waals surface area contributed by atoms with Gasteiger partial charge in [0.1, 0.15) is 30.2 Å². The maximum absolute atomic E-state index is 14.8. The molecule has 5 rings (SSSR count). The molecule has 0 radical (unpaired) electrons. The van der Waals surface area contributed by atoms with Crippen LogP contribution in [-0.2, 0) is 82.1 Å². The summed E-state index contributed by atoms with van der Waals surface area (Å²) in [7, 11) is 8.07. The highest BCUT2D eigenvalue weighted by Crippen LogP contribution is 2.44. The van der Waals surface area contributed by atoms with Gasteiger partial charge in [-0.15, -0.1) is 0 Å². The number of nitrogens with zero attached hydrogens (tertiary/aromatic N) is 7. The maximum Gasteiger partial charge on any atom is 0.310 e. The zero-order valence-corrected chi connectivity index (χ0v) is 61.7. The Bertz CT molecular complexity index is 3340. The number of nitrogens with two attached hydrogens (primary N) is 1. The number of rotatable bonds is 34. The molecule has 2 unspecified atom stereocenters. The van der Waals surface area contributed by atoms with Crippen LogP contribution in [0, 0.1) is 12.8 Å². The first-order valence-corrected chi connectivity index (χ1v) is 34.6. The minimum atomic E-state index is -1.63. The van der Waals surface area contributed by atoms with Crippen LogP contribution in [-0.4, -0.2) is 261 Å². The van der Waals surface area contributed by atoms with E-state index >= 15 is 0 Å². The molecule has 8 atom stereocenters. The van der Waals surface area contributed by atoms with Gasteiger partial charge < -0.3 is 80.2 Å². The van der Waals surface area contributed by atoms with Crippen LogP contribution >= 0.6 is 11.6 Å². The average Bonchev–Trinajstić information content (AvgIpc) is 0.746. The summed E-state index contributed by atoms with van der Waals surface area (Å²) < 4.78 is 24.6. The normalized spacial score (nSPS) is 16.2. The van der Waals surface area contributed by atoms with Crippen LogP contribution in [0.15, 0.2) is 78.9 Å². The van der Waals surface area contributed by atoms with E-state index in [9.17, 15) is 57.5 Å². The summed E-state index contributed by atoms with van der Waals surface area (Å²) in [6.45, 7) is 11.4. The van der Waals surface area contributed by atoms with Crippen molar-refractivity contribution in [3.05, 3.63) is 106 Å². The molecule has 3 aromatic rings. The molecule has 29 heteroatoms. The van der Waals surface area contributed by atoms with Gasteiger partial charge in [-0.05, 0) is 98.5 Å². The first-order valence-electron chi connectivity index (χ1n) is 34.2. The Labute approximate surface area is 598 Å². The lowest BCUT2D eigenvalue weighted by atomic mass is 9.79. The molecular weight excluding hydrogens is 1320 g/mol. The van der Waals surface area contributed by atoms with Crippen molar-refractivity contribution in [3.63, 3.8) is 0 Å². The van der Waals surface area contributed by atoms with Gasteiger partial charge >= 0.3 is 5.97 Å². The predicted octanol–water partition coefficient (Wildman–Crippen LogP) is 2.72. The van der Waals surface area contributed by atoms with Crippen molar-refractivity contribution in [1.82, 2.24) is 55.6 Å². The van der Waals surface area contributed by atoms with Gasteiger partial charge in [0.05, 0.1) is 64.0 Å². The maximum atomic E-state index is 14.8. The topological polar surface area (TPSA) is 339 Å². The zero-order chi connectivity index (χ0) is 75.1. The second-order valence-corrected chi connectivity index (χ2v) is 27.9. The fraction of sp³-hybridized carbons (Fsp3) is 0.583. The smallest absolute Gasteiger partial charge is 0.310 e. The molecule has 2 aliphatic heterocycles. The number of carbonyl (C=O) groups is 12. The Morgan fingerprint density at radius 3 is 1.65 bits per heavy atom. The van der Waals surface area contributed by atoms with E-state index in [0.717, 1.165) is 54.2 Å². The summed E-state index contributed by atoms with van der Waals surface area (Å²) in [4.78, 5) is 175. The molecule has 0 aromatic heterocycles. The van der Waals surface area contributed by atoms with Crippen molar-refractivity contribution in [3.8, 4) is 0 Å². The van der Waals surface area contributed by atoms with E-state index in [1.54, 1.807) is 69.0 Å². The summed E-state index contributed by atoms with van der Waals surface area (Å²) in [6.07, 6.45) is 1.97. The number of amides is 11. The van der Waals surface area contributed by atoms with Crippen molar-refractivity contribution < 1.29 is 76.5 Å². The molecule has 6 N–H and O–H groups in total. The van der Waals surface area contributed by atoms with Crippen molar-refractivity contribution in [2.24, 2.45) is 11.7 Å². The number of likely N-dealkylation sites (N-methyl/N-ethyl adjacent to an activating group) is 6. The van der Waals surface area contributed by atoms with E-state index in [1.165, 1.54) is 49.2 Å². The number of halogens is 1. The van der Waals surface area contributed by atoms with Crippen LogP contribution in [0.25, 0.3) is 0 Å². The van der Waals surface area contributed by atoms with E-state index in [2.05, 4.69) is 21.3 Å².